The van der Waals surface area contributed by atoms with Crippen LogP contribution in [0.3, 0.4) is 0 Å². The first-order valence-electron chi connectivity index (χ1n) is 6.14. The first-order chi connectivity index (χ1) is 8.32. The Kier molecular flexibility index (Phi) is 4.70. The predicted molar refractivity (Wildman–Crippen MR) is 72.0 cm³/mol. The van der Waals surface area contributed by atoms with E-state index >= 15 is 0 Å². The third kappa shape index (κ3) is 3.45. The molecule has 2 N–H and O–H groups in total. The SMILES string of the molecule is Cc1cc(N)cc(C(=O)N(C)CCC(C)C)c1F. The van der Waals surface area contributed by atoms with Crippen LogP contribution in [0.1, 0.15) is 36.2 Å². The lowest BCUT2D eigenvalue weighted by Gasteiger charge is -2.19. The van der Waals surface area contributed by atoms with Crippen molar-refractivity contribution in [1.82, 2.24) is 4.90 Å². The van der Waals surface area contributed by atoms with Crippen LogP contribution in [0.5, 0.6) is 0 Å². The second kappa shape index (κ2) is 5.85. The summed E-state index contributed by atoms with van der Waals surface area (Å²) in [7, 11) is 1.68. The molecule has 0 fully saturated rings. The summed E-state index contributed by atoms with van der Waals surface area (Å²) in [6.07, 6.45) is 0.894. The van der Waals surface area contributed by atoms with E-state index in [-0.39, 0.29) is 11.5 Å². The molecule has 1 aromatic rings. The lowest BCUT2D eigenvalue weighted by Crippen LogP contribution is -2.29. The Morgan fingerprint density at radius 1 is 1.44 bits per heavy atom. The van der Waals surface area contributed by atoms with Crippen molar-refractivity contribution < 1.29 is 9.18 Å². The number of halogens is 1. The van der Waals surface area contributed by atoms with Gasteiger partial charge in [-0.15, -0.1) is 0 Å². The minimum absolute atomic E-state index is 0.0544. The Morgan fingerprint density at radius 3 is 2.61 bits per heavy atom. The topological polar surface area (TPSA) is 46.3 Å². The van der Waals surface area contributed by atoms with Gasteiger partial charge < -0.3 is 10.6 Å². The highest BCUT2D eigenvalue weighted by molar-refractivity contribution is 5.95. The maximum atomic E-state index is 13.9. The molecule has 0 saturated carbocycles. The number of amides is 1. The number of hydrogen-bond acceptors (Lipinski definition) is 2. The first kappa shape index (κ1) is 14.5. The molecule has 0 aromatic heterocycles. The van der Waals surface area contributed by atoms with Crippen LogP contribution in [0.25, 0.3) is 0 Å². The maximum Gasteiger partial charge on any atom is 0.256 e. The van der Waals surface area contributed by atoms with Gasteiger partial charge in [0.1, 0.15) is 5.82 Å². The Morgan fingerprint density at radius 2 is 2.06 bits per heavy atom. The molecule has 1 rings (SSSR count). The molecule has 0 atom stereocenters. The maximum absolute atomic E-state index is 13.9. The van der Waals surface area contributed by atoms with Gasteiger partial charge in [-0.3, -0.25) is 4.79 Å². The van der Waals surface area contributed by atoms with Gasteiger partial charge in [0.2, 0.25) is 0 Å². The summed E-state index contributed by atoms with van der Waals surface area (Å²) < 4.78 is 13.9. The second-order valence-corrected chi connectivity index (χ2v) is 5.11. The normalized spacial score (nSPS) is 10.8. The predicted octanol–water partition coefficient (Wildman–Crippen LogP) is 2.83. The lowest BCUT2D eigenvalue weighted by molar-refractivity contribution is 0.0784. The fourth-order valence-electron chi connectivity index (χ4n) is 1.71. The fraction of sp³-hybridized carbons (Fsp3) is 0.500. The molecule has 4 heteroatoms. The molecular weight excluding hydrogens is 231 g/mol. The van der Waals surface area contributed by atoms with Crippen molar-refractivity contribution in [3.8, 4) is 0 Å². The van der Waals surface area contributed by atoms with Crippen molar-refractivity contribution in [2.75, 3.05) is 19.3 Å². The molecule has 1 aromatic carbocycles. The number of rotatable bonds is 4. The molecule has 100 valence electrons. The molecular formula is C14H21FN2O. The largest absolute Gasteiger partial charge is 0.399 e. The number of carbonyl (C=O) groups is 1. The Labute approximate surface area is 108 Å². The van der Waals surface area contributed by atoms with Gasteiger partial charge in [-0.25, -0.2) is 4.39 Å². The van der Waals surface area contributed by atoms with Gasteiger partial charge in [0, 0.05) is 19.3 Å². The molecule has 0 aliphatic carbocycles. The molecule has 18 heavy (non-hydrogen) atoms. The number of nitrogen functional groups attached to an aromatic ring is 1. The van der Waals surface area contributed by atoms with E-state index < -0.39 is 5.82 Å². The summed E-state index contributed by atoms with van der Waals surface area (Å²) >= 11 is 0. The average molecular weight is 252 g/mol. The van der Waals surface area contributed by atoms with Crippen molar-refractivity contribution in [2.24, 2.45) is 5.92 Å². The Hall–Kier alpha value is -1.58. The van der Waals surface area contributed by atoms with Gasteiger partial charge in [-0.2, -0.15) is 0 Å². The molecule has 0 radical (unpaired) electrons. The summed E-state index contributed by atoms with van der Waals surface area (Å²) in [6.45, 7) is 6.40. The Balaban J connectivity index is 2.90. The third-order valence-corrected chi connectivity index (χ3v) is 2.90. The van der Waals surface area contributed by atoms with E-state index in [1.807, 2.05) is 0 Å². The smallest absolute Gasteiger partial charge is 0.256 e. The van der Waals surface area contributed by atoms with E-state index in [2.05, 4.69) is 13.8 Å². The van der Waals surface area contributed by atoms with Crippen molar-refractivity contribution in [3.63, 3.8) is 0 Å². The third-order valence-electron chi connectivity index (χ3n) is 2.90. The summed E-state index contributed by atoms with van der Waals surface area (Å²) in [5.74, 6) is -0.290. The van der Waals surface area contributed by atoms with E-state index in [9.17, 15) is 9.18 Å². The molecule has 0 aliphatic rings. The minimum atomic E-state index is -0.481. The van der Waals surface area contributed by atoms with Crippen molar-refractivity contribution >= 4 is 11.6 Å². The quantitative estimate of drug-likeness (QED) is 0.837. The van der Waals surface area contributed by atoms with Crippen molar-refractivity contribution in [3.05, 3.63) is 29.1 Å². The van der Waals surface area contributed by atoms with Crippen LogP contribution >= 0.6 is 0 Å². The van der Waals surface area contributed by atoms with Gasteiger partial charge >= 0.3 is 0 Å². The van der Waals surface area contributed by atoms with Crippen LogP contribution in [0, 0.1) is 18.7 Å². The minimum Gasteiger partial charge on any atom is -0.399 e. The van der Waals surface area contributed by atoms with Gasteiger partial charge in [0.25, 0.3) is 5.91 Å². The summed E-state index contributed by atoms with van der Waals surface area (Å²) in [6, 6.07) is 2.93. The van der Waals surface area contributed by atoms with Crippen LogP contribution < -0.4 is 5.73 Å². The van der Waals surface area contributed by atoms with Crippen LogP contribution in [0.2, 0.25) is 0 Å². The van der Waals surface area contributed by atoms with Crippen molar-refractivity contribution in [2.45, 2.75) is 27.2 Å². The van der Waals surface area contributed by atoms with Crippen LogP contribution in [-0.4, -0.2) is 24.4 Å². The van der Waals surface area contributed by atoms with E-state index in [4.69, 9.17) is 5.73 Å². The summed E-state index contributed by atoms with van der Waals surface area (Å²) in [5, 5.41) is 0. The van der Waals surface area contributed by atoms with Gasteiger partial charge in [0.05, 0.1) is 5.56 Å². The number of nitrogens with two attached hydrogens (primary N) is 1. The summed E-state index contributed by atoms with van der Waals surface area (Å²) in [4.78, 5) is 13.7. The lowest BCUT2D eigenvalue weighted by atomic mass is 10.1. The number of nitrogens with zero attached hydrogens (tertiary/aromatic N) is 1. The monoisotopic (exact) mass is 252 g/mol. The molecule has 0 aliphatic heterocycles. The van der Waals surface area contributed by atoms with E-state index in [0.29, 0.717) is 23.7 Å². The zero-order valence-corrected chi connectivity index (χ0v) is 11.5. The molecule has 0 spiro atoms. The number of aryl methyl sites for hydroxylation is 1. The zero-order chi connectivity index (χ0) is 13.9. The van der Waals surface area contributed by atoms with E-state index in [1.165, 1.54) is 17.0 Å². The zero-order valence-electron chi connectivity index (χ0n) is 11.5. The molecule has 0 bridgehead atoms. The van der Waals surface area contributed by atoms with Crippen molar-refractivity contribution in [1.29, 1.82) is 0 Å². The van der Waals surface area contributed by atoms with Gasteiger partial charge in [-0.05, 0) is 37.0 Å². The highest BCUT2D eigenvalue weighted by Crippen LogP contribution is 2.18. The molecule has 0 saturated heterocycles. The highest BCUT2D eigenvalue weighted by Gasteiger charge is 2.18. The van der Waals surface area contributed by atoms with E-state index in [0.717, 1.165) is 6.42 Å². The van der Waals surface area contributed by atoms with Crippen LogP contribution in [0.4, 0.5) is 10.1 Å². The van der Waals surface area contributed by atoms with Gasteiger partial charge in [0.15, 0.2) is 0 Å². The van der Waals surface area contributed by atoms with E-state index in [1.54, 1.807) is 14.0 Å². The number of anilines is 1. The second-order valence-electron chi connectivity index (χ2n) is 5.11. The van der Waals surface area contributed by atoms with Crippen LogP contribution in [0.15, 0.2) is 12.1 Å². The van der Waals surface area contributed by atoms with Gasteiger partial charge in [-0.1, -0.05) is 13.8 Å². The molecule has 1 amide bonds. The standard InChI is InChI=1S/C14H21FN2O/c1-9(2)5-6-17(4)14(18)12-8-11(16)7-10(3)13(12)15/h7-9H,5-6,16H2,1-4H3. The fourth-order valence-corrected chi connectivity index (χ4v) is 1.71. The molecule has 0 unspecified atom stereocenters. The molecule has 0 heterocycles. The molecule has 3 nitrogen and oxygen atoms in total. The summed E-state index contributed by atoms with van der Waals surface area (Å²) in [5.41, 5.74) is 6.52. The van der Waals surface area contributed by atoms with Crippen LogP contribution in [-0.2, 0) is 0 Å². The highest BCUT2D eigenvalue weighted by atomic mass is 19.1. The number of hydrogen-bond donors (Lipinski definition) is 1. The number of carbonyl (C=O) groups excluding carboxylic acids is 1. The average Bonchev–Trinajstić information content (AvgIpc) is 2.29. The first-order valence-corrected chi connectivity index (χ1v) is 6.14. The Bertz CT molecular complexity index is 444. The number of benzene rings is 1.